The third-order valence-electron chi connectivity index (χ3n) is 5.78. The minimum absolute atomic E-state index is 0.0122. The highest BCUT2D eigenvalue weighted by molar-refractivity contribution is 6.30. The zero-order chi connectivity index (χ0) is 23.6. The van der Waals surface area contributed by atoms with E-state index in [1.165, 1.54) is 29.1 Å². The van der Waals surface area contributed by atoms with Crippen molar-refractivity contribution in [1.29, 1.82) is 0 Å². The molecule has 33 heavy (non-hydrogen) atoms. The molecule has 0 spiro atoms. The van der Waals surface area contributed by atoms with E-state index in [1.54, 1.807) is 47.6 Å². The van der Waals surface area contributed by atoms with Crippen LogP contribution in [0.4, 0.5) is 5.69 Å². The number of rotatable bonds is 12. The molecule has 1 fully saturated rings. The number of halogens is 1. The Morgan fingerprint density at radius 2 is 1.79 bits per heavy atom. The lowest BCUT2D eigenvalue weighted by Crippen LogP contribution is -2.42. The van der Waals surface area contributed by atoms with Gasteiger partial charge in [0.05, 0.1) is 12.8 Å². The molecule has 8 heteroatoms. The van der Waals surface area contributed by atoms with Crippen molar-refractivity contribution in [3.05, 3.63) is 53.4 Å². The highest BCUT2D eigenvalue weighted by Gasteiger charge is 2.33. The van der Waals surface area contributed by atoms with Crippen LogP contribution in [0.2, 0.25) is 5.02 Å². The lowest BCUT2D eigenvalue weighted by atomic mass is 10.1. The predicted molar refractivity (Wildman–Crippen MR) is 128 cm³/mol. The lowest BCUT2D eigenvalue weighted by Gasteiger charge is -2.24. The molecule has 1 aliphatic rings. The molecule has 1 aromatic heterocycles. The molecule has 2 aromatic rings. The SMILES string of the molecule is CCCCCCCCC(=O)N(CC(=O)N1CC(=O)N(c2ccc(Cl)cc2)C1)Cc1ccco1. The fourth-order valence-electron chi connectivity index (χ4n) is 3.86. The predicted octanol–water partition coefficient (Wildman–Crippen LogP) is 4.85. The molecule has 3 rings (SSSR count). The van der Waals surface area contributed by atoms with Gasteiger partial charge in [-0.1, -0.05) is 50.6 Å². The normalized spacial score (nSPS) is 13.6. The van der Waals surface area contributed by atoms with Gasteiger partial charge in [-0.3, -0.25) is 19.3 Å². The molecule has 178 valence electrons. The van der Waals surface area contributed by atoms with Crippen molar-refractivity contribution in [2.45, 2.75) is 58.4 Å². The van der Waals surface area contributed by atoms with E-state index in [0.717, 1.165) is 19.3 Å². The molecule has 0 radical (unpaired) electrons. The number of nitrogens with zero attached hydrogens (tertiary/aromatic N) is 3. The van der Waals surface area contributed by atoms with Gasteiger partial charge in [-0.15, -0.1) is 0 Å². The molecule has 2 heterocycles. The van der Waals surface area contributed by atoms with Gasteiger partial charge < -0.3 is 14.2 Å². The summed E-state index contributed by atoms with van der Waals surface area (Å²) >= 11 is 5.93. The standard InChI is InChI=1S/C25H32ClN3O4/c1-2-3-4-5-6-7-10-23(30)27(16-22-9-8-15-33-22)17-24(31)28-18-25(32)29(19-28)21-13-11-20(26)12-14-21/h8-9,11-15H,2-7,10,16-19H2,1H3. The number of hydrogen-bond acceptors (Lipinski definition) is 4. The summed E-state index contributed by atoms with van der Waals surface area (Å²) in [5, 5.41) is 0.579. The minimum atomic E-state index is -0.261. The summed E-state index contributed by atoms with van der Waals surface area (Å²) in [6, 6.07) is 10.5. The summed E-state index contributed by atoms with van der Waals surface area (Å²) in [5.41, 5.74) is 0.686. The molecular formula is C25H32ClN3O4. The van der Waals surface area contributed by atoms with Gasteiger partial charge in [0.25, 0.3) is 0 Å². The van der Waals surface area contributed by atoms with Gasteiger partial charge >= 0.3 is 0 Å². The first-order chi connectivity index (χ1) is 16.0. The molecule has 1 aliphatic heterocycles. The number of anilines is 1. The summed E-state index contributed by atoms with van der Waals surface area (Å²) in [6.07, 6.45) is 8.47. The summed E-state index contributed by atoms with van der Waals surface area (Å²) in [5.74, 6) is 0.124. The quantitative estimate of drug-likeness (QED) is 0.413. The van der Waals surface area contributed by atoms with Crippen molar-refractivity contribution in [2.75, 3.05) is 24.7 Å². The largest absolute Gasteiger partial charge is 0.467 e. The molecule has 7 nitrogen and oxygen atoms in total. The number of furan rings is 1. The van der Waals surface area contributed by atoms with Crippen LogP contribution in [0, 0.1) is 0 Å². The Labute approximate surface area is 200 Å². The zero-order valence-corrected chi connectivity index (χ0v) is 19.9. The number of hydrogen-bond donors (Lipinski definition) is 0. The zero-order valence-electron chi connectivity index (χ0n) is 19.2. The van der Waals surface area contributed by atoms with E-state index in [0.29, 0.717) is 22.9 Å². The maximum Gasteiger partial charge on any atom is 0.248 e. The van der Waals surface area contributed by atoms with Crippen molar-refractivity contribution >= 4 is 35.0 Å². The van der Waals surface area contributed by atoms with Gasteiger partial charge in [0.2, 0.25) is 17.7 Å². The molecule has 0 N–H and O–H groups in total. The maximum absolute atomic E-state index is 13.0. The highest BCUT2D eigenvalue weighted by atomic mass is 35.5. The van der Waals surface area contributed by atoms with Crippen LogP contribution in [-0.2, 0) is 20.9 Å². The van der Waals surface area contributed by atoms with Gasteiger partial charge in [-0.05, 0) is 42.8 Å². The number of amides is 3. The van der Waals surface area contributed by atoms with Crippen molar-refractivity contribution in [1.82, 2.24) is 9.80 Å². The van der Waals surface area contributed by atoms with E-state index < -0.39 is 0 Å². The number of benzene rings is 1. The fourth-order valence-corrected chi connectivity index (χ4v) is 3.99. The van der Waals surface area contributed by atoms with Gasteiger partial charge in [0.1, 0.15) is 25.5 Å². The summed E-state index contributed by atoms with van der Waals surface area (Å²) < 4.78 is 5.40. The van der Waals surface area contributed by atoms with E-state index in [1.807, 2.05) is 0 Å². The van der Waals surface area contributed by atoms with Crippen LogP contribution in [0.15, 0.2) is 47.1 Å². The Bertz CT molecular complexity index is 914. The lowest BCUT2D eigenvalue weighted by molar-refractivity contribution is -0.141. The van der Waals surface area contributed by atoms with E-state index in [-0.39, 0.29) is 44.0 Å². The van der Waals surface area contributed by atoms with E-state index >= 15 is 0 Å². The van der Waals surface area contributed by atoms with Crippen LogP contribution < -0.4 is 4.90 Å². The number of carbonyl (C=O) groups excluding carboxylic acids is 3. The third kappa shape index (κ3) is 7.35. The van der Waals surface area contributed by atoms with Gasteiger partial charge in [-0.2, -0.15) is 0 Å². The first-order valence-corrected chi connectivity index (χ1v) is 12.0. The third-order valence-corrected chi connectivity index (χ3v) is 6.03. The summed E-state index contributed by atoms with van der Waals surface area (Å²) in [4.78, 5) is 43.0. The van der Waals surface area contributed by atoms with Crippen LogP contribution in [-0.4, -0.2) is 47.3 Å². The molecule has 0 aliphatic carbocycles. The molecular weight excluding hydrogens is 442 g/mol. The van der Waals surface area contributed by atoms with E-state index in [9.17, 15) is 14.4 Å². The molecule has 0 unspecified atom stereocenters. The first kappa shape index (κ1) is 24.8. The Kier molecular flexibility index (Phi) is 9.36. The van der Waals surface area contributed by atoms with E-state index in [4.69, 9.17) is 16.0 Å². The number of carbonyl (C=O) groups is 3. The average Bonchev–Trinajstić information content (AvgIpc) is 3.46. The first-order valence-electron chi connectivity index (χ1n) is 11.6. The Hall–Kier alpha value is -2.80. The second kappa shape index (κ2) is 12.4. The molecule has 0 atom stereocenters. The van der Waals surface area contributed by atoms with Crippen LogP contribution in [0.25, 0.3) is 0 Å². The van der Waals surface area contributed by atoms with Crippen LogP contribution >= 0.6 is 11.6 Å². The smallest absolute Gasteiger partial charge is 0.248 e. The Morgan fingerprint density at radius 1 is 1.06 bits per heavy atom. The monoisotopic (exact) mass is 473 g/mol. The molecule has 0 bridgehead atoms. The van der Waals surface area contributed by atoms with Gasteiger partial charge in [-0.25, -0.2) is 0 Å². The Balaban J connectivity index is 1.58. The highest BCUT2D eigenvalue weighted by Crippen LogP contribution is 2.22. The van der Waals surface area contributed by atoms with Crippen LogP contribution in [0.1, 0.15) is 57.6 Å². The van der Waals surface area contributed by atoms with Crippen molar-refractivity contribution in [2.24, 2.45) is 0 Å². The minimum Gasteiger partial charge on any atom is -0.467 e. The maximum atomic E-state index is 13.0. The number of unbranched alkanes of at least 4 members (excludes halogenated alkanes) is 5. The van der Waals surface area contributed by atoms with Crippen molar-refractivity contribution in [3.8, 4) is 0 Å². The molecule has 0 saturated carbocycles. The average molecular weight is 474 g/mol. The molecule has 1 saturated heterocycles. The topological polar surface area (TPSA) is 74.1 Å². The second-order valence-corrected chi connectivity index (χ2v) is 8.81. The van der Waals surface area contributed by atoms with Crippen LogP contribution in [0.5, 0.6) is 0 Å². The van der Waals surface area contributed by atoms with Crippen molar-refractivity contribution < 1.29 is 18.8 Å². The van der Waals surface area contributed by atoms with Crippen LogP contribution in [0.3, 0.4) is 0 Å². The van der Waals surface area contributed by atoms with E-state index in [2.05, 4.69) is 6.92 Å². The molecule has 1 aromatic carbocycles. The van der Waals surface area contributed by atoms with Crippen molar-refractivity contribution in [3.63, 3.8) is 0 Å². The second-order valence-electron chi connectivity index (χ2n) is 8.38. The Morgan fingerprint density at radius 3 is 2.48 bits per heavy atom. The van der Waals surface area contributed by atoms with Gasteiger partial charge in [0.15, 0.2) is 0 Å². The molecule has 3 amide bonds. The van der Waals surface area contributed by atoms with Gasteiger partial charge in [0, 0.05) is 17.1 Å². The fraction of sp³-hybridized carbons (Fsp3) is 0.480. The summed E-state index contributed by atoms with van der Waals surface area (Å²) in [6.45, 7) is 2.46. The summed E-state index contributed by atoms with van der Waals surface area (Å²) in [7, 11) is 0.